The largest absolute Gasteiger partial charge is 0.478 e. The molecule has 0 bridgehead atoms. The monoisotopic (exact) mass is 262 g/mol. The smallest absolute Gasteiger partial charge is 0.337 e. The lowest BCUT2D eigenvalue weighted by atomic mass is 9.94. The Hall–Kier alpha value is -1.88. The van der Waals surface area contributed by atoms with E-state index in [0.717, 1.165) is 19.4 Å². The fraction of sp³-hybridized carbons (Fsp3) is 0.429. The highest BCUT2D eigenvalue weighted by atomic mass is 16.4. The van der Waals surface area contributed by atoms with E-state index in [1.54, 1.807) is 18.2 Å². The summed E-state index contributed by atoms with van der Waals surface area (Å²) in [5, 5.41) is 14.9. The number of benzene rings is 1. The average Bonchev–Trinajstić information content (AvgIpc) is 2.39. The van der Waals surface area contributed by atoms with Gasteiger partial charge >= 0.3 is 5.97 Å². The van der Waals surface area contributed by atoms with Gasteiger partial charge in [-0.05, 0) is 37.4 Å². The lowest BCUT2D eigenvalue weighted by molar-refractivity contribution is -0.119. The third kappa shape index (κ3) is 3.32. The lowest BCUT2D eigenvalue weighted by Crippen LogP contribution is -2.45. The number of hydrogen-bond acceptors (Lipinski definition) is 3. The standard InChI is InChI=1S/C14H18N2O3/c1-9-6-7-15-12(8-9)13(17)16-11-5-3-2-4-10(11)14(18)19/h2-5,9,12,15H,6-8H2,1H3,(H,16,17)(H,18,19). The Morgan fingerprint density at radius 2 is 2.11 bits per heavy atom. The molecule has 5 heteroatoms. The fourth-order valence-corrected chi connectivity index (χ4v) is 2.31. The van der Waals surface area contributed by atoms with Crippen molar-refractivity contribution in [3.8, 4) is 0 Å². The van der Waals surface area contributed by atoms with Crippen LogP contribution in [-0.2, 0) is 4.79 Å². The first-order chi connectivity index (χ1) is 9.08. The molecule has 1 aliphatic rings. The molecule has 102 valence electrons. The average molecular weight is 262 g/mol. The minimum atomic E-state index is -1.04. The van der Waals surface area contributed by atoms with Crippen LogP contribution < -0.4 is 10.6 Å². The van der Waals surface area contributed by atoms with Gasteiger partial charge in [0.15, 0.2) is 0 Å². The Balaban J connectivity index is 2.08. The Morgan fingerprint density at radius 1 is 1.37 bits per heavy atom. The maximum Gasteiger partial charge on any atom is 0.337 e. The van der Waals surface area contributed by atoms with Crippen molar-refractivity contribution in [2.24, 2.45) is 5.92 Å². The third-order valence-electron chi connectivity index (χ3n) is 3.40. The summed E-state index contributed by atoms with van der Waals surface area (Å²) in [5.41, 5.74) is 0.458. The molecule has 3 N–H and O–H groups in total. The molecule has 0 spiro atoms. The molecule has 1 aromatic carbocycles. The first kappa shape index (κ1) is 13.5. The van der Waals surface area contributed by atoms with Gasteiger partial charge in [-0.15, -0.1) is 0 Å². The van der Waals surface area contributed by atoms with Crippen LogP contribution in [0.25, 0.3) is 0 Å². The van der Waals surface area contributed by atoms with Gasteiger partial charge in [-0.25, -0.2) is 4.79 Å². The van der Waals surface area contributed by atoms with Gasteiger partial charge in [-0.3, -0.25) is 4.79 Å². The van der Waals surface area contributed by atoms with E-state index in [4.69, 9.17) is 5.11 Å². The van der Waals surface area contributed by atoms with Gasteiger partial charge in [0.05, 0.1) is 17.3 Å². The number of carboxylic acids is 1. The van der Waals surface area contributed by atoms with E-state index < -0.39 is 5.97 Å². The molecule has 1 fully saturated rings. The second kappa shape index (κ2) is 5.84. The molecule has 19 heavy (non-hydrogen) atoms. The van der Waals surface area contributed by atoms with E-state index >= 15 is 0 Å². The van der Waals surface area contributed by atoms with E-state index in [9.17, 15) is 9.59 Å². The number of nitrogens with one attached hydrogen (secondary N) is 2. The van der Waals surface area contributed by atoms with Crippen molar-refractivity contribution in [1.82, 2.24) is 5.32 Å². The van der Waals surface area contributed by atoms with Crippen LogP contribution in [-0.4, -0.2) is 29.6 Å². The number of aromatic carboxylic acids is 1. The normalized spacial score (nSPS) is 22.8. The van der Waals surface area contributed by atoms with Gasteiger partial charge < -0.3 is 15.7 Å². The molecule has 0 saturated carbocycles. The fourth-order valence-electron chi connectivity index (χ4n) is 2.31. The second-order valence-corrected chi connectivity index (χ2v) is 4.98. The number of piperidine rings is 1. The topological polar surface area (TPSA) is 78.4 Å². The molecule has 1 aromatic rings. The van der Waals surface area contributed by atoms with E-state index in [0.29, 0.717) is 11.6 Å². The molecule has 2 rings (SSSR count). The van der Waals surface area contributed by atoms with Crippen LogP contribution in [0, 0.1) is 5.92 Å². The third-order valence-corrected chi connectivity index (χ3v) is 3.40. The van der Waals surface area contributed by atoms with Crippen LogP contribution in [0.4, 0.5) is 5.69 Å². The predicted octanol–water partition coefficient (Wildman–Crippen LogP) is 1.71. The summed E-state index contributed by atoms with van der Waals surface area (Å²) in [4.78, 5) is 23.2. The zero-order valence-electron chi connectivity index (χ0n) is 10.8. The minimum Gasteiger partial charge on any atom is -0.478 e. The molecule has 0 radical (unpaired) electrons. The van der Waals surface area contributed by atoms with Crippen molar-refractivity contribution >= 4 is 17.6 Å². The maximum atomic E-state index is 12.1. The van der Waals surface area contributed by atoms with Crippen molar-refractivity contribution in [3.63, 3.8) is 0 Å². The summed E-state index contributed by atoms with van der Waals surface area (Å²) in [6.07, 6.45) is 1.84. The number of carbonyl (C=O) groups is 2. The number of amides is 1. The van der Waals surface area contributed by atoms with Crippen LogP contribution in [0.2, 0.25) is 0 Å². The second-order valence-electron chi connectivity index (χ2n) is 4.98. The van der Waals surface area contributed by atoms with Crippen molar-refractivity contribution in [2.75, 3.05) is 11.9 Å². The van der Waals surface area contributed by atoms with Crippen LogP contribution >= 0.6 is 0 Å². The molecule has 1 aliphatic heterocycles. The van der Waals surface area contributed by atoms with Gasteiger partial charge in [0.25, 0.3) is 0 Å². The highest BCUT2D eigenvalue weighted by Crippen LogP contribution is 2.19. The number of anilines is 1. The molecule has 1 amide bonds. The van der Waals surface area contributed by atoms with E-state index in [1.165, 1.54) is 6.07 Å². The maximum absolute atomic E-state index is 12.1. The minimum absolute atomic E-state index is 0.111. The molecular weight excluding hydrogens is 244 g/mol. The van der Waals surface area contributed by atoms with Crippen molar-refractivity contribution in [2.45, 2.75) is 25.8 Å². The van der Waals surface area contributed by atoms with Crippen LogP contribution in [0.1, 0.15) is 30.1 Å². The van der Waals surface area contributed by atoms with Gasteiger partial charge in [0, 0.05) is 0 Å². The summed E-state index contributed by atoms with van der Waals surface area (Å²) >= 11 is 0. The van der Waals surface area contributed by atoms with Gasteiger partial charge in [0.1, 0.15) is 0 Å². The zero-order valence-corrected chi connectivity index (χ0v) is 10.8. The molecule has 2 atom stereocenters. The molecule has 0 aromatic heterocycles. The summed E-state index contributed by atoms with van der Waals surface area (Å²) in [6.45, 7) is 2.94. The van der Waals surface area contributed by atoms with Gasteiger partial charge in [-0.1, -0.05) is 19.1 Å². The van der Waals surface area contributed by atoms with E-state index in [2.05, 4.69) is 17.6 Å². The summed E-state index contributed by atoms with van der Waals surface area (Å²) in [7, 11) is 0. The number of carboxylic acid groups (broad SMARTS) is 1. The summed E-state index contributed by atoms with van der Waals surface area (Å²) < 4.78 is 0. The van der Waals surface area contributed by atoms with Gasteiger partial charge in [-0.2, -0.15) is 0 Å². The molecular formula is C14H18N2O3. The first-order valence-electron chi connectivity index (χ1n) is 6.44. The molecule has 1 heterocycles. The van der Waals surface area contributed by atoms with E-state index in [1.807, 2.05) is 0 Å². The van der Waals surface area contributed by atoms with Crippen LogP contribution in [0.15, 0.2) is 24.3 Å². The number of hydrogen-bond donors (Lipinski definition) is 3. The molecule has 0 aliphatic carbocycles. The number of para-hydroxylation sites is 1. The molecule has 1 saturated heterocycles. The van der Waals surface area contributed by atoms with Crippen LogP contribution in [0.5, 0.6) is 0 Å². The van der Waals surface area contributed by atoms with Gasteiger partial charge in [0.2, 0.25) is 5.91 Å². The molecule has 5 nitrogen and oxygen atoms in total. The first-order valence-corrected chi connectivity index (χ1v) is 6.44. The summed E-state index contributed by atoms with van der Waals surface area (Å²) in [5.74, 6) is -0.701. The Morgan fingerprint density at radius 3 is 2.79 bits per heavy atom. The highest BCUT2D eigenvalue weighted by molar-refractivity contribution is 6.02. The predicted molar refractivity (Wildman–Crippen MR) is 72.2 cm³/mol. The van der Waals surface area contributed by atoms with Crippen molar-refractivity contribution < 1.29 is 14.7 Å². The Bertz CT molecular complexity index is 487. The van der Waals surface area contributed by atoms with E-state index in [-0.39, 0.29) is 17.5 Å². The highest BCUT2D eigenvalue weighted by Gasteiger charge is 2.25. The number of carbonyl (C=O) groups excluding carboxylic acids is 1. The Kier molecular flexibility index (Phi) is 4.16. The van der Waals surface area contributed by atoms with Crippen molar-refractivity contribution in [1.29, 1.82) is 0 Å². The zero-order chi connectivity index (χ0) is 13.8. The van der Waals surface area contributed by atoms with Crippen LogP contribution in [0.3, 0.4) is 0 Å². The lowest BCUT2D eigenvalue weighted by Gasteiger charge is -2.27. The quantitative estimate of drug-likeness (QED) is 0.775. The SMILES string of the molecule is CC1CCNC(C(=O)Nc2ccccc2C(=O)O)C1. The molecule has 2 unspecified atom stereocenters. The summed E-state index contributed by atoms with van der Waals surface area (Å²) in [6, 6.07) is 6.19. The van der Waals surface area contributed by atoms with Crippen molar-refractivity contribution in [3.05, 3.63) is 29.8 Å². The number of rotatable bonds is 3. The Labute approximate surface area is 112 Å².